The molecule has 0 saturated carbocycles. The molecule has 0 fully saturated rings. The van der Waals surface area contributed by atoms with Crippen molar-refractivity contribution in [1.29, 1.82) is 0 Å². The Hall–Kier alpha value is -1.98. The van der Waals surface area contributed by atoms with Crippen LogP contribution in [0.15, 0.2) is 18.2 Å². The Labute approximate surface area is 84.3 Å². The molecule has 0 radical (unpaired) electrons. The number of carboxylic acids is 1. The van der Waals surface area contributed by atoms with E-state index in [1.807, 2.05) is 0 Å². The maximum absolute atomic E-state index is 13.1. The van der Waals surface area contributed by atoms with Crippen LogP contribution in [0.1, 0.15) is 18.4 Å². The van der Waals surface area contributed by atoms with Gasteiger partial charge in [0, 0.05) is 5.56 Å². The molecule has 0 spiro atoms. The van der Waals surface area contributed by atoms with E-state index in [0.717, 1.165) is 6.07 Å². The summed E-state index contributed by atoms with van der Waals surface area (Å²) in [6.07, 6.45) is 0. The number of hydrogen-bond acceptors (Lipinski definition) is 3. The number of halogens is 1. The van der Waals surface area contributed by atoms with Gasteiger partial charge < -0.3 is 5.11 Å². The van der Waals surface area contributed by atoms with Crippen molar-refractivity contribution in [1.82, 2.24) is 0 Å². The molecule has 80 valence electrons. The Kier molecular flexibility index (Phi) is 2.99. The molecule has 15 heavy (non-hydrogen) atoms. The predicted octanol–water partition coefficient (Wildman–Crippen LogP) is 1.92. The highest BCUT2D eigenvalue weighted by molar-refractivity contribution is 5.77. The average Bonchev–Trinajstić information content (AvgIpc) is 2.15. The van der Waals surface area contributed by atoms with E-state index in [1.165, 1.54) is 19.1 Å². The van der Waals surface area contributed by atoms with Gasteiger partial charge in [-0.1, -0.05) is 12.1 Å². The van der Waals surface area contributed by atoms with Crippen LogP contribution in [0.2, 0.25) is 0 Å². The van der Waals surface area contributed by atoms with E-state index >= 15 is 0 Å². The van der Waals surface area contributed by atoms with Gasteiger partial charge in [0.1, 0.15) is 0 Å². The maximum Gasteiger partial charge on any atom is 0.310 e. The first-order chi connectivity index (χ1) is 6.95. The number of nitrogens with zero attached hydrogens (tertiary/aromatic N) is 1. The average molecular weight is 213 g/mol. The second-order valence-electron chi connectivity index (χ2n) is 2.99. The molecule has 5 nitrogen and oxygen atoms in total. The number of nitro benzene ring substituents is 1. The van der Waals surface area contributed by atoms with Gasteiger partial charge in [0.2, 0.25) is 5.82 Å². The Bertz CT molecular complexity index is 419. The molecule has 1 rings (SSSR count). The number of carbonyl (C=O) groups is 1. The van der Waals surface area contributed by atoms with E-state index < -0.39 is 28.3 Å². The number of rotatable bonds is 3. The summed E-state index contributed by atoms with van der Waals surface area (Å²) in [4.78, 5) is 20.3. The zero-order valence-corrected chi connectivity index (χ0v) is 7.81. The molecule has 1 aromatic carbocycles. The Morgan fingerprint density at radius 3 is 2.67 bits per heavy atom. The van der Waals surface area contributed by atoms with Crippen molar-refractivity contribution in [3.8, 4) is 0 Å². The standard InChI is InChI=1S/C9H8FNO4/c1-5(9(12)13)6-3-2-4-7(10)8(6)11(14)15/h2-5H,1H3,(H,12,13). The fourth-order valence-electron chi connectivity index (χ4n) is 1.21. The summed E-state index contributed by atoms with van der Waals surface area (Å²) in [5.41, 5.74) is -0.903. The molecule has 0 aliphatic heterocycles. The Morgan fingerprint density at radius 2 is 2.20 bits per heavy atom. The summed E-state index contributed by atoms with van der Waals surface area (Å²) in [6.45, 7) is 1.27. The Balaban J connectivity index is 3.35. The molecular formula is C9H8FNO4. The zero-order chi connectivity index (χ0) is 11.6. The van der Waals surface area contributed by atoms with E-state index in [1.54, 1.807) is 0 Å². The van der Waals surface area contributed by atoms with Crippen LogP contribution in [-0.4, -0.2) is 16.0 Å². The van der Waals surface area contributed by atoms with Crippen LogP contribution in [-0.2, 0) is 4.79 Å². The van der Waals surface area contributed by atoms with Gasteiger partial charge in [-0.2, -0.15) is 4.39 Å². The zero-order valence-electron chi connectivity index (χ0n) is 7.81. The monoisotopic (exact) mass is 213 g/mol. The molecule has 0 aliphatic rings. The van der Waals surface area contributed by atoms with Crippen LogP contribution in [0.25, 0.3) is 0 Å². The molecule has 0 amide bonds. The van der Waals surface area contributed by atoms with Crippen molar-refractivity contribution in [2.24, 2.45) is 0 Å². The number of hydrogen-bond donors (Lipinski definition) is 1. The largest absolute Gasteiger partial charge is 0.481 e. The van der Waals surface area contributed by atoms with Gasteiger partial charge in [0.25, 0.3) is 0 Å². The molecule has 0 bridgehead atoms. The lowest BCUT2D eigenvalue weighted by atomic mass is 9.99. The summed E-state index contributed by atoms with van der Waals surface area (Å²) in [6, 6.07) is 3.41. The third-order valence-corrected chi connectivity index (χ3v) is 2.04. The summed E-state index contributed by atoms with van der Waals surface area (Å²) in [7, 11) is 0. The molecule has 1 N–H and O–H groups in total. The number of benzene rings is 1. The van der Waals surface area contributed by atoms with Crippen molar-refractivity contribution < 1.29 is 19.2 Å². The molecule has 1 aromatic rings. The minimum Gasteiger partial charge on any atom is -0.481 e. The third kappa shape index (κ3) is 2.09. The first kappa shape index (κ1) is 11.1. The summed E-state index contributed by atoms with van der Waals surface area (Å²) in [5, 5.41) is 19.2. The smallest absolute Gasteiger partial charge is 0.310 e. The number of carboxylic acid groups (broad SMARTS) is 1. The first-order valence-electron chi connectivity index (χ1n) is 4.10. The second-order valence-corrected chi connectivity index (χ2v) is 2.99. The summed E-state index contributed by atoms with van der Waals surface area (Å²) >= 11 is 0. The van der Waals surface area contributed by atoms with Crippen LogP contribution in [0.5, 0.6) is 0 Å². The number of aliphatic carboxylic acids is 1. The van der Waals surface area contributed by atoms with Crippen molar-refractivity contribution in [2.45, 2.75) is 12.8 Å². The number of para-hydroxylation sites is 1. The SMILES string of the molecule is CC(C(=O)O)c1cccc(F)c1[N+](=O)[O-]. The molecule has 6 heteroatoms. The lowest BCUT2D eigenvalue weighted by Crippen LogP contribution is -2.10. The van der Waals surface area contributed by atoms with E-state index in [2.05, 4.69) is 0 Å². The fraction of sp³-hybridized carbons (Fsp3) is 0.222. The van der Waals surface area contributed by atoms with Gasteiger partial charge in [-0.15, -0.1) is 0 Å². The third-order valence-electron chi connectivity index (χ3n) is 2.04. The highest BCUT2D eigenvalue weighted by Crippen LogP contribution is 2.28. The van der Waals surface area contributed by atoms with Crippen LogP contribution in [0, 0.1) is 15.9 Å². The normalized spacial score (nSPS) is 12.1. The second kappa shape index (κ2) is 4.04. The van der Waals surface area contributed by atoms with Gasteiger partial charge in [-0.25, -0.2) is 0 Å². The van der Waals surface area contributed by atoms with E-state index in [4.69, 9.17) is 5.11 Å². The van der Waals surface area contributed by atoms with Crippen molar-refractivity contribution in [3.63, 3.8) is 0 Å². The minimum absolute atomic E-state index is 0.132. The van der Waals surface area contributed by atoms with Crippen molar-refractivity contribution >= 4 is 11.7 Å². The fourth-order valence-corrected chi connectivity index (χ4v) is 1.21. The highest BCUT2D eigenvalue weighted by Gasteiger charge is 2.26. The maximum atomic E-state index is 13.1. The molecule has 0 saturated heterocycles. The van der Waals surface area contributed by atoms with Crippen molar-refractivity contribution in [2.75, 3.05) is 0 Å². The van der Waals surface area contributed by atoms with Crippen molar-refractivity contribution in [3.05, 3.63) is 39.7 Å². The summed E-state index contributed by atoms with van der Waals surface area (Å²) in [5.74, 6) is -3.37. The lowest BCUT2D eigenvalue weighted by Gasteiger charge is -2.07. The van der Waals surface area contributed by atoms with Gasteiger partial charge in [0.15, 0.2) is 0 Å². The Morgan fingerprint density at radius 1 is 1.60 bits per heavy atom. The van der Waals surface area contributed by atoms with E-state index in [-0.39, 0.29) is 5.56 Å². The van der Waals surface area contributed by atoms with E-state index in [9.17, 15) is 19.3 Å². The summed E-state index contributed by atoms with van der Waals surface area (Å²) < 4.78 is 13.1. The molecule has 0 heterocycles. The molecular weight excluding hydrogens is 205 g/mol. The number of nitro groups is 1. The topological polar surface area (TPSA) is 80.4 Å². The van der Waals surface area contributed by atoms with Gasteiger partial charge in [-0.05, 0) is 13.0 Å². The lowest BCUT2D eigenvalue weighted by molar-refractivity contribution is -0.388. The predicted molar refractivity (Wildman–Crippen MR) is 49.1 cm³/mol. The first-order valence-corrected chi connectivity index (χ1v) is 4.10. The minimum atomic E-state index is -1.23. The van der Waals surface area contributed by atoms with Gasteiger partial charge in [0.05, 0.1) is 10.8 Å². The van der Waals surface area contributed by atoms with E-state index in [0.29, 0.717) is 0 Å². The van der Waals surface area contributed by atoms with Gasteiger partial charge >= 0.3 is 11.7 Å². The molecule has 0 aliphatic carbocycles. The van der Waals surface area contributed by atoms with Gasteiger partial charge in [-0.3, -0.25) is 14.9 Å². The van der Waals surface area contributed by atoms with Crippen LogP contribution in [0.3, 0.4) is 0 Å². The highest BCUT2D eigenvalue weighted by atomic mass is 19.1. The van der Waals surface area contributed by atoms with Crippen LogP contribution >= 0.6 is 0 Å². The van der Waals surface area contributed by atoms with Crippen LogP contribution < -0.4 is 0 Å². The quantitative estimate of drug-likeness (QED) is 0.614. The molecule has 0 aromatic heterocycles. The molecule has 1 unspecified atom stereocenters. The molecule has 1 atom stereocenters. The van der Waals surface area contributed by atoms with Crippen LogP contribution in [0.4, 0.5) is 10.1 Å².